The van der Waals surface area contributed by atoms with Gasteiger partial charge in [0.2, 0.25) is 6.79 Å². The van der Waals surface area contributed by atoms with Gasteiger partial charge in [-0.1, -0.05) is 0 Å². The van der Waals surface area contributed by atoms with Crippen LogP contribution in [0.5, 0.6) is 11.5 Å². The fourth-order valence-corrected chi connectivity index (χ4v) is 3.54. The maximum absolute atomic E-state index is 13.5. The van der Waals surface area contributed by atoms with Crippen LogP contribution in [-0.2, 0) is 16.1 Å². The number of hydrogen-bond donors (Lipinski definition) is 3. The quantitative estimate of drug-likeness (QED) is 0.424. The number of ether oxygens (including phenoxy) is 2. The summed E-state index contributed by atoms with van der Waals surface area (Å²) in [4.78, 5) is 25.7. The van der Waals surface area contributed by atoms with Crippen LogP contribution in [0.25, 0.3) is 0 Å². The van der Waals surface area contributed by atoms with E-state index in [1.54, 1.807) is 18.2 Å². The Hall–Kier alpha value is -4.12. The number of benzene rings is 3. The van der Waals surface area contributed by atoms with E-state index in [0.717, 1.165) is 29.8 Å². The molecule has 2 amide bonds. The van der Waals surface area contributed by atoms with Crippen molar-refractivity contribution in [2.45, 2.75) is 6.54 Å². The van der Waals surface area contributed by atoms with E-state index in [9.17, 15) is 27.2 Å². The molecule has 11 heteroatoms. The Morgan fingerprint density at radius 1 is 0.714 bits per heavy atom. The number of hydrogen-bond acceptors (Lipinski definition) is 4. The first-order valence-electron chi connectivity index (χ1n) is 10.5. The second-order valence-corrected chi connectivity index (χ2v) is 7.82. The van der Waals surface area contributed by atoms with Gasteiger partial charge >= 0.3 is 0 Å². The third kappa shape index (κ3) is 6.27. The molecule has 35 heavy (non-hydrogen) atoms. The lowest BCUT2D eigenvalue weighted by atomic mass is 10.2. The van der Waals surface area contributed by atoms with E-state index in [4.69, 9.17) is 9.47 Å². The summed E-state index contributed by atoms with van der Waals surface area (Å²) >= 11 is 0. The Morgan fingerprint density at radius 3 is 1.80 bits per heavy atom. The molecule has 0 atom stereocenters. The lowest BCUT2D eigenvalue weighted by Crippen LogP contribution is -3.12. The SMILES string of the molecule is O=C(C[NH+](CC(=O)Nc1ccc(F)c(F)c1)Cc1ccc2c(c1)OCO2)Nc1ccc(F)c(F)c1. The minimum atomic E-state index is -1.11. The van der Waals surface area contributed by atoms with Crippen molar-refractivity contribution in [3.8, 4) is 11.5 Å². The zero-order chi connectivity index (χ0) is 24.9. The molecular formula is C24H20F4N3O4+. The van der Waals surface area contributed by atoms with Crippen molar-refractivity contribution in [2.75, 3.05) is 30.5 Å². The smallest absolute Gasteiger partial charge is 0.279 e. The van der Waals surface area contributed by atoms with E-state index in [-0.39, 0.29) is 37.8 Å². The van der Waals surface area contributed by atoms with Crippen molar-refractivity contribution in [2.24, 2.45) is 0 Å². The summed E-state index contributed by atoms with van der Waals surface area (Å²) in [6, 6.07) is 11.1. The first-order valence-corrected chi connectivity index (χ1v) is 10.5. The average molecular weight is 490 g/mol. The standard InChI is InChI=1S/C24H19F4N3O4/c25-17-4-2-15(8-19(17)27)29-23(32)11-31(10-14-1-6-21-22(7-14)35-13-34-21)12-24(33)30-16-3-5-18(26)20(28)9-16/h1-9H,10-13H2,(H,29,32)(H,30,33)/p+1. The van der Waals surface area contributed by atoms with Gasteiger partial charge in [0.15, 0.2) is 47.9 Å². The van der Waals surface area contributed by atoms with Gasteiger partial charge in [-0.2, -0.15) is 0 Å². The number of anilines is 2. The number of carbonyl (C=O) groups excluding carboxylic acids is 2. The van der Waals surface area contributed by atoms with Gasteiger partial charge in [0, 0.05) is 29.1 Å². The van der Waals surface area contributed by atoms with Gasteiger partial charge in [-0.05, 0) is 42.5 Å². The van der Waals surface area contributed by atoms with Gasteiger partial charge < -0.3 is 25.0 Å². The van der Waals surface area contributed by atoms with Crippen molar-refractivity contribution in [1.29, 1.82) is 0 Å². The molecule has 3 aromatic carbocycles. The molecule has 0 radical (unpaired) electrons. The Bertz CT molecular complexity index is 1200. The molecule has 182 valence electrons. The topological polar surface area (TPSA) is 81.1 Å². The minimum absolute atomic E-state index is 0.0579. The van der Waals surface area contributed by atoms with Crippen LogP contribution < -0.4 is 25.0 Å². The fraction of sp³-hybridized carbons (Fsp3) is 0.167. The number of halogens is 4. The summed E-state index contributed by atoms with van der Waals surface area (Å²) in [5.41, 5.74) is 0.857. The van der Waals surface area contributed by atoms with Crippen LogP contribution in [0.3, 0.4) is 0 Å². The van der Waals surface area contributed by atoms with E-state index in [2.05, 4.69) is 10.6 Å². The highest BCUT2D eigenvalue weighted by atomic mass is 19.2. The van der Waals surface area contributed by atoms with Crippen molar-refractivity contribution in [3.63, 3.8) is 0 Å². The monoisotopic (exact) mass is 490 g/mol. The van der Waals surface area contributed by atoms with Crippen LogP contribution in [0.4, 0.5) is 28.9 Å². The zero-order valence-electron chi connectivity index (χ0n) is 18.2. The molecule has 1 heterocycles. The molecule has 0 fully saturated rings. The van der Waals surface area contributed by atoms with Crippen molar-refractivity contribution in [1.82, 2.24) is 0 Å². The van der Waals surface area contributed by atoms with E-state index in [1.165, 1.54) is 12.1 Å². The van der Waals surface area contributed by atoms with Gasteiger partial charge in [0.25, 0.3) is 11.8 Å². The highest BCUT2D eigenvalue weighted by Gasteiger charge is 2.22. The molecule has 0 bridgehead atoms. The first-order chi connectivity index (χ1) is 16.8. The summed E-state index contributed by atoms with van der Waals surface area (Å²) < 4.78 is 63.9. The fourth-order valence-electron chi connectivity index (χ4n) is 3.54. The number of nitrogens with one attached hydrogen (secondary N) is 3. The second kappa shape index (κ2) is 10.4. The Morgan fingerprint density at radius 2 is 1.26 bits per heavy atom. The lowest BCUT2D eigenvalue weighted by Gasteiger charge is -2.19. The zero-order valence-corrected chi connectivity index (χ0v) is 18.2. The number of fused-ring (bicyclic) bond motifs is 1. The Balaban J connectivity index is 1.46. The number of quaternary nitrogens is 1. The maximum atomic E-state index is 13.5. The van der Waals surface area contributed by atoms with Crippen molar-refractivity contribution < 1.29 is 41.5 Å². The van der Waals surface area contributed by atoms with E-state index in [1.807, 2.05) is 0 Å². The number of rotatable bonds is 8. The summed E-state index contributed by atoms with van der Waals surface area (Å²) in [7, 11) is 0. The van der Waals surface area contributed by atoms with Crippen molar-refractivity contribution in [3.05, 3.63) is 83.4 Å². The summed E-state index contributed by atoms with van der Waals surface area (Å²) in [6.07, 6.45) is 0. The van der Waals surface area contributed by atoms with Gasteiger partial charge in [0.1, 0.15) is 6.54 Å². The van der Waals surface area contributed by atoms with Gasteiger partial charge in [-0.15, -0.1) is 0 Å². The summed E-state index contributed by atoms with van der Waals surface area (Å²) in [6.45, 7) is -0.118. The van der Waals surface area contributed by atoms with Crippen LogP contribution in [0.1, 0.15) is 5.56 Å². The van der Waals surface area contributed by atoms with Crippen molar-refractivity contribution >= 4 is 23.2 Å². The summed E-state index contributed by atoms with van der Waals surface area (Å²) in [5, 5.41) is 4.94. The van der Waals surface area contributed by atoms with Crippen LogP contribution in [0.15, 0.2) is 54.6 Å². The molecule has 3 N–H and O–H groups in total. The molecule has 1 aliphatic heterocycles. The molecule has 0 aliphatic carbocycles. The Kier molecular flexibility index (Phi) is 7.16. The molecule has 0 aromatic heterocycles. The maximum Gasteiger partial charge on any atom is 0.279 e. The van der Waals surface area contributed by atoms with Crippen LogP contribution in [-0.4, -0.2) is 31.7 Å². The third-order valence-electron chi connectivity index (χ3n) is 5.12. The lowest BCUT2D eigenvalue weighted by molar-refractivity contribution is -0.897. The first kappa shape index (κ1) is 24.0. The van der Waals surface area contributed by atoms with E-state index >= 15 is 0 Å². The normalized spacial score (nSPS) is 12.0. The molecule has 4 rings (SSSR count). The van der Waals surface area contributed by atoms with E-state index in [0.29, 0.717) is 16.4 Å². The molecule has 1 aliphatic rings. The second-order valence-electron chi connectivity index (χ2n) is 7.82. The van der Waals surface area contributed by atoms with Gasteiger partial charge in [-0.3, -0.25) is 9.59 Å². The van der Waals surface area contributed by atoms with E-state index < -0.39 is 35.1 Å². The van der Waals surface area contributed by atoms with Crippen LogP contribution in [0, 0.1) is 23.3 Å². The van der Waals surface area contributed by atoms with Gasteiger partial charge in [-0.25, -0.2) is 17.6 Å². The molecular weight excluding hydrogens is 470 g/mol. The molecule has 0 saturated heterocycles. The van der Waals surface area contributed by atoms with Crippen LogP contribution >= 0.6 is 0 Å². The average Bonchev–Trinajstić information content (AvgIpc) is 3.26. The largest absolute Gasteiger partial charge is 0.454 e. The molecule has 3 aromatic rings. The highest BCUT2D eigenvalue weighted by Crippen LogP contribution is 2.32. The van der Waals surface area contributed by atoms with Crippen LogP contribution in [0.2, 0.25) is 0 Å². The third-order valence-corrected chi connectivity index (χ3v) is 5.12. The number of carbonyl (C=O) groups is 2. The summed E-state index contributed by atoms with van der Waals surface area (Å²) in [5.74, 6) is -4.32. The minimum Gasteiger partial charge on any atom is -0.454 e. The molecule has 0 spiro atoms. The highest BCUT2D eigenvalue weighted by molar-refractivity contribution is 5.93. The number of amides is 2. The predicted octanol–water partition coefficient (Wildman–Crippen LogP) is 2.63. The van der Waals surface area contributed by atoms with Gasteiger partial charge in [0.05, 0.1) is 0 Å². The predicted molar refractivity (Wildman–Crippen MR) is 117 cm³/mol. The Labute approximate surface area is 197 Å². The molecule has 0 unspecified atom stereocenters. The molecule has 0 saturated carbocycles. The molecule has 7 nitrogen and oxygen atoms in total.